The molecule has 5 nitrogen and oxygen atoms in total. The van der Waals surface area contributed by atoms with Crippen molar-refractivity contribution in [1.29, 1.82) is 0 Å². The van der Waals surface area contributed by atoms with Crippen molar-refractivity contribution in [1.82, 2.24) is 14.9 Å². The molecule has 0 atom stereocenters. The number of halogens is 1. The maximum absolute atomic E-state index is 12.9. The van der Waals surface area contributed by atoms with Gasteiger partial charge in [-0.3, -0.25) is 0 Å². The van der Waals surface area contributed by atoms with Crippen molar-refractivity contribution in [2.24, 2.45) is 10.3 Å². The zero-order chi connectivity index (χ0) is 19.3. The first-order chi connectivity index (χ1) is 13.7. The van der Waals surface area contributed by atoms with Crippen LogP contribution in [0.1, 0.15) is 32.6 Å². The van der Waals surface area contributed by atoms with Gasteiger partial charge in [0.15, 0.2) is 11.6 Å². The molecule has 2 aliphatic rings. The van der Waals surface area contributed by atoms with Crippen molar-refractivity contribution in [3.8, 4) is 17.1 Å². The van der Waals surface area contributed by atoms with Gasteiger partial charge in [-0.15, -0.1) is 0 Å². The van der Waals surface area contributed by atoms with Gasteiger partial charge in [-0.05, 0) is 74.7 Å². The molecule has 0 saturated heterocycles. The van der Waals surface area contributed by atoms with Crippen molar-refractivity contribution in [3.05, 3.63) is 42.5 Å². The minimum Gasteiger partial charge on any atom is -0.493 e. The fraction of sp³-hybridized carbons (Fsp3) is 0.476. The molecular weight excluding hydrogens is 375 g/mol. The Hall–Kier alpha value is -2.15. The van der Waals surface area contributed by atoms with E-state index in [0.29, 0.717) is 17.8 Å². The van der Waals surface area contributed by atoms with Crippen molar-refractivity contribution in [2.75, 3.05) is 18.9 Å². The predicted octanol–water partition coefficient (Wildman–Crippen LogP) is 4.60. The molecule has 7 heteroatoms. The topological polar surface area (TPSA) is 50.6 Å². The minimum absolute atomic E-state index is 0.431. The molecule has 1 saturated carbocycles. The van der Waals surface area contributed by atoms with Crippen molar-refractivity contribution in [2.45, 2.75) is 38.6 Å². The molecule has 0 amide bonds. The van der Waals surface area contributed by atoms with E-state index in [2.05, 4.69) is 26.2 Å². The largest absolute Gasteiger partial charge is 0.493 e. The number of hydrogen-bond donors (Lipinski definition) is 0. The molecule has 0 bridgehead atoms. The zero-order valence-corrected chi connectivity index (χ0v) is 16.9. The number of amidine groups is 1. The average molecular weight is 401 g/mol. The van der Waals surface area contributed by atoms with Crippen molar-refractivity contribution >= 4 is 17.8 Å². The van der Waals surface area contributed by atoms with Gasteiger partial charge in [0.05, 0.1) is 19.0 Å². The molecule has 4 rings (SSSR count). The molecule has 148 valence electrons. The summed E-state index contributed by atoms with van der Waals surface area (Å²) in [6.07, 6.45) is 7.18. The third-order valence-electron chi connectivity index (χ3n) is 5.51. The monoisotopic (exact) mass is 400 g/mol. The van der Waals surface area contributed by atoms with E-state index in [1.54, 1.807) is 11.9 Å². The molecular formula is C21H25FN4OS. The predicted molar refractivity (Wildman–Crippen MR) is 111 cm³/mol. The minimum atomic E-state index is -0.431. The van der Waals surface area contributed by atoms with Crippen LogP contribution >= 0.6 is 11.9 Å². The summed E-state index contributed by atoms with van der Waals surface area (Å²) < 4.78 is 23.5. The normalized spacial score (nSPS) is 22.6. The number of rotatable bonds is 5. The van der Waals surface area contributed by atoms with E-state index >= 15 is 0 Å². The Morgan fingerprint density at radius 3 is 2.50 bits per heavy atom. The number of ether oxygens (including phenoxy) is 1. The molecule has 2 heterocycles. The maximum atomic E-state index is 12.9. The first-order valence-electron chi connectivity index (χ1n) is 9.83. The molecule has 1 aromatic heterocycles. The van der Waals surface area contributed by atoms with Gasteiger partial charge >= 0.3 is 0 Å². The number of hydrogen-bond acceptors (Lipinski definition) is 6. The first-order valence-corrected chi connectivity index (χ1v) is 10.8. The number of benzene rings is 1. The van der Waals surface area contributed by atoms with E-state index in [-0.39, 0.29) is 0 Å². The second kappa shape index (κ2) is 8.90. The van der Waals surface area contributed by atoms with Crippen molar-refractivity contribution in [3.63, 3.8) is 0 Å². The van der Waals surface area contributed by atoms with Crippen LogP contribution in [0, 0.1) is 11.7 Å². The highest BCUT2D eigenvalue weighted by Crippen LogP contribution is 2.30. The highest BCUT2D eigenvalue weighted by atomic mass is 32.2. The first kappa shape index (κ1) is 19.2. The SMILES string of the molecule is CC1=NSCCN1C1CCC(COc2ccc(-c3ncc(F)cn3)cc2)CC1. The van der Waals surface area contributed by atoms with E-state index in [1.807, 2.05) is 24.3 Å². The summed E-state index contributed by atoms with van der Waals surface area (Å²) in [5.74, 6) is 3.82. The van der Waals surface area contributed by atoms with E-state index < -0.39 is 5.82 Å². The van der Waals surface area contributed by atoms with Gasteiger partial charge in [0.1, 0.15) is 11.6 Å². The van der Waals surface area contributed by atoms with Crippen molar-refractivity contribution < 1.29 is 9.13 Å². The van der Waals surface area contributed by atoms with E-state index in [4.69, 9.17) is 4.74 Å². The molecule has 0 spiro atoms. The Kier molecular flexibility index (Phi) is 6.10. The molecule has 2 aromatic rings. The van der Waals surface area contributed by atoms with E-state index in [1.165, 1.54) is 43.9 Å². The van der Waals surface area contributed by atoms with Crippen LogP contribution in [0.4, 0.5) is 4.39 Å². The molecule has 28 heavy (non-hydrogen) atoms. The third-order valence-corrected chi connectivity index (χ3v) is 6.27. The lowest BCUT2D eigenvalue weighted by Gasteiger charge is -2.39. The van der Waals surface area contributed by atoms with Crippen LogP contribution in [0.25, 0.3) is 11.4 Å². The van der Waals surface area contributed by atoms with Gasteiger partial charge in [0.2, 0.25) is 0 Å². The second-order valence-electron chi connectivity index (χ2n) is 7.40. The Morgan fingerprint density at radius 1 is 1.11 bits per heavy atom. The fourth-order valence-electron chi connectivity index (χ4n) is 3.94. The molecule has 0 unspecified atom stereocenters. The summed E-state index contributed by atoms with van der Waals surface area (Å²) in [5.41, 5.74) is 0.851. The quantitative estimate of drug-likeness (QED) is 0.687. The maximum Gasteiger partial charge on any atom is 0.159 e. The molecule has 1 aromatic carbocycles. The Balaban J connectivity index is 1.26. The molecule has 0 N–H and O–H groups in total. The van der Waals surface area contributed by atoms with Gasteiger partial charge < -0.3 is 9.64 Å². The van der Waals surface area contributed by atoms with Crippen LogP contribution in [-0.4, -0.2) is 45.6 Å². The van der Waals surface area contributed by atoms with Crippen LogP contribution in [0.2, 0.25) is 0 Å². The average Bonchev–Trinajstić information content (AvgIpc) is 2.74. The number of aromatic nitrogens is 2. The van der Waals surface area contributed by atoms with Gasteiger partial charge in [-0.2, -0.15) is 0 Å². The van der Waals surface area contributed by atoms with Gasteiger partial charge in [-0.25, -0.2) is 18.8 Å². The smallest absolute Gasteiger partial charge is 0.159 e. The summed E-state index contributed by atoms with van der Waals surface area (Å²) in [6.45, 7) is 4.00. The van der Waals surface area contributed by atoms with E-state index in [0.717, 1.165) is 30.2 Å². The van der Waals surface area contributed by atoms with Gasteiger partial charge in [0, 0.05) is 23.9 Å². The lowest BCUT2D eigenvalue weighted by atomic mass is 9.85. The van der Waals surface area contributed by atoms with E-state index in [9.17, 15) is 4.39 Å². The standard InChI is InChI=1S/C21H25FN4OS/c1-15-25-28-11-10-26(15)19-6-2-16(3-7-19)14-27-20-8-4-17(5-9-20)21-23-12-18(22)13-24-21/h4-5,8-9,12-13,16,19H,2-3,6-7,10-11,14H2,1H3. The van der Waals surface area contributed by atoms with Gasteiger partial charge in [0.25, 0.3) is 0 Å². The lowest BCUT2D eigenvalue weighted by molar-refractivity contribution is 0.161. The molecule has 1 aliphatic heterocycles. The summed E-state index contributed by atoms with van der Waals surface area (Å²) >= 11 is 1.68. The zero-order valence-electron chi connectivity index (χ0n) is 16.1. The second-order valence-corrected chi connectivity index (χ2v) is 8.25. The van der Waals surface area contributed by atoms with Crippen LogP contribution < -0.4 is 4.74 Å². The number of nitrogens with zero attached hydrogens (tertiary/aromatic N) is 4. The molecule has 0 radical (unpaired) electrons. The highest BCUT2D eigenvalue weighted by molar-refractivity contribution is 7.98. The van der Waals surface area contributed by atoms with Crippen LogP contribution in [-0.2, 0) is 0 Å². The molecule has 1 aliphatic carbocycles. The summed E-state index contributed by atoms with van der Waals surface area (Å²) in [4.78, 5) is 10.5. The summed E-state index contributed by atoms with van der Waals surface area (Å²) in [5, 5.41) is 0. The Labute approximate surface area is 169 Å². The lowest BCUT2D eigenvalue weighted by Crippen LogP contribution is -2.44. The highest BCUT2D eigenvalue weighted by Gasteiger charge is 2.28. The fourth-order valence-corrected chi connectivity index (χ4v) is 4.60. The summed E-state index contributed by atoms with van der Waals surface area (Å²) in [7, 11) is 0. The van der Waals surface area contributed by atoms with Gasteiger partial charge in [-0.1, -0.05) is 0 Å². The Bertz CT molecular complexity index is 804. The third kappa shape index (κ3) is 4.63. The summed E-state index contributed by atoms with van der Waals surface area (Å²) in [6, 6.07) is 8.32. The van der Waals surface area contributed by atoms with Crippen LogP contribution in [0.3, 0.4) is 0 Å². The molecule has 1 fully saturated rings. The Morgan fingerprint density at radius 2 is 1.82 bits per heavy atom. The van der Waals surface area contributed by atoms with Crippen LogP contribution in [0.15, 0.2) is 41.1 Å². The van der Waals surface area contributed by atoms with Crippen LogP contribution in [0.5, 0.6) is 5.75 Å².